The van der Waals surface area contributed by atoms with Crippen LogP contribution in [0, 0.1) is 0 Å². The van der Waals surface area contributed by atoms with Crippen molar-refractivity contribution in [3.8, 4) is 0 Å². The Morgan fingerprint density at radius 2 is 0.244 bits per heavy atom. The quantitative estimate of drug-likeness (QED) is 0.0938. The van der Waals surface area contributed by atoms with Gasteiger partial charge in [0.1, 0.15) is 36.6 Å². The van der Waals surface area contributed by atoms with Crippen LogP contribution in [-0.4, -0.2) is 235 Å². The summed E-state index contributed by atoms with van der Waals surface area (Å²) in [6.45, 7) is -4.37. The fourth-order valence-electron chi connectivity index (χ4n) is 0.346. The highest BCUT2D eigenvalue weighted by atomic mass is 16.4. The normalized spacial score (nSPS) is 8.78. The van der Waals surface area contributed by atoms with Gasteiger partial charge in [0.15, 0.2) is 0 Å². The van der Waals surface area contributed by atoms with Gasteiger partial charge in [0.25, 0.3) is 0 Å². The summed E-state index contributed by atoms with van der Waals surface area (Å²) in [6, 6.07) is 0. The Labute approximate surface area is 236 Å². The Hall–Kier alpha value is -0.920. The van der Waals surface area contributed by atoms with Gasteiger partial charge in [-0.2, -0.15) is 0 Å². The van der Waals surface area contributed by atoms with Crippen LogP contribution in [-0.2, 0) is 0 Å². The molecular formula is C18H58O23. The maximum Gasteiger partial charge on any atom is 0.100 e. The summed E-state index contributed by atoms with van der Waals surface area (Å²) in [7, 11) is 0. The molecule has 23 nitrogen and oxygen atoms in total. The fourth-order valence-corrected chi connectivity index (χ4v) is 0.346. The Morgan fingerprint density at radius 3 is 0.244 bits per heavy atom. The highest BCUT2D eigenvalue weighted by Crippen LogP contribution is 1.74. The number of aliphatic hydroxyl groups is 18. The molecule has 0 bridgehead atoms. The van der Waals surface area contributed by atoms with Crippen LogP contribution in [0.5, 0.6) is 0 Å². The second kappa shape index (κ2) is 67.0. The standard InChI is InChI=1S/6C3H8O3.5H2O/c6*4-1-3(6)2-5;;;;;/h6*3-6H,1-2H2;5*1H2. The number of rotatable bonds is 12. The highest BCUT2D eigenvalue weighted by molar-refractivity contribution is 4.46. The number of hydrogen-bond acceptors (Lipinski definition) is 18. The van der Waals surface area contributed by atoms with Gasteiger partial charge in [0.2, 0.25) is 0 Å². The van der Waals surface area contributed by atoms with E-state index in [0.717, 1.165) is 0 Å². The molecule has 0 aromatic rings. The minimum absolute atomic E-state index is 0. The molecule has 0 heterocycles. The third-order valence-electron chi connectivity index (χ3n) is 2.53. The summed E-state index contributed by atoms with van der Waals surface area (Å²) in [5.74, 6) is 0. The van der Waals surface area contributed by atoms with Gasteiger partial charge in [-0.05, 0) is 0 Å². The van der Waals surface area contributed by atoms with Crippen LogP contribution in [0.1, 0.15) is 0 Å². The first kappa shape index (κ1) is 72.4. The van der Waals surface area contributed by atoms with Gasteiger partial charge in [0.05, 0.1) is 79.3 Å². The van der Waals surface area contributed by atoms with E-state index in [-0.39, 0.29) is 107 Å². The Morgan fingerprint density at radius 1 is 0.195 bits per heavy atom. The van der Waals surface area contributed by atoms with Crippen molar-refractivity contribution in [3.05, 3.63) is 0 Å². The van der Waals surface area contributed by atoms with Crippen LogP contribution < -0.4 is 0 Å². The number of aliphatic hydroxyl groups excluding tert-OH is 18. The van der Waals surface area contributed by atoms with Crippen LogP contribution in [0.2, 0.25) is 0 Å². The van der Waals surface area contributed by atoms with E-state index in [0.29, 0.717) is 0 Å². The molecule has 0 aliphatic heterocycles. The van der Waals surface area contributed by atoms with Crippen molar-refractivity contribution in [3.63, 3.8) is 0 Å². The molecule has 0 unspecified atom stereocenters. The van der Waals surface area contributed by atoms with E-state index in [2.05, 4.69) is 0 Å². The maximum absolute atomic E-state index is 8.17. The maximum atomic E-state index is 8.17. The zero-order valence-corrected chi connectivity index (χ0v) is 22.5. The molecule has 0 atom stereocenters. The lowest BCUT2D eigenvalue weighted by Crippen LogP contribution is -2.15. The Balaban J connectivity index is -0.0000000286. The van der Waals surface area contributed by atoms with Crippen LogP contribution in [0.15, 0.2) is 0 Å². The molecule has 23 heteroatoms. The fraction of sp³-hybridized carbons (Fsp3) is 1.00. The van der Waals surface area contributed by atoms with Gasteiger partial charge in [-0.15, -0.1) is 0 Å². The van der Waals surface area contributed by atoms with Gasteiger partial charge in [-0.1, -0.05) is 0 Å². The average molecular weight is 643 g/mol. The molecule has 28 N–H and O–H groups in total. The first-order valence-electron chi connectivity index (χ1n) is 10.2. The lowest BCUT2D eigenvalue weighted by atomic mass is 10.4. The summed E-state index contributed by atoms with van der Waals surface area (Å²) in [6.07, 6.45) is -5.72. The summed E-state index contributed by atoms with van der Waals surface area (Å²) in [5, 5.41) is 144. The van der Waals surface area contributed by atoms with Gasteiger partial charge in [-0.25, -0.2) is 0 Å². The predicted octanol–water partition coefficient (Wildman–Crippen LogP) is -14.1. The van der Waals surface area contributed by atoms with Gasteiger partial charge in [0, 0.05) is 0 Å². The second-order valence-electron chi connectivity index (χ2n) is 6.11. The minimum Gasteiger partial charge on any atom is -0.412 e. The van der Waals surface area contributed by atoms with Crippen LogP contribution in [0.4, 0.5) is 0 Å². The van der Waals surface area contributed by atoms with Crippen molar-refractivity contribution in [2.24, 2.45) is 0 Å². The summed E-state index contributed by atoms with van der Waals surface area (Å²) in [5.41, 5.74) is 0. The van der Waals surface area contributed by atoms with E-state index in [1.54, 1.807) is 0 Å². The third kappa shape index (κ3) is 101. The van der Waals surface area contributed by atoms with Crippen molar-refractivity contribution in [1.29, 1.82) is 0 Å². The Bertz CT molecular complexity index is 233. The van der Waals surface area contributed by atoms with Gasteiger partial charge < -0.3 is 119 Å². The molecule has 0 rings (SSSR count). The monoisotopic (exact) mass is 642 g/mol. The molecule has 41 heavy (non-hydrogen) atoms. The molecule has 0 saturated carbocycles. The van der Waals surface area contributed by atoms with E-state index in [1.807, 2.05) is 0 Å². The molecule has 0 aliphatic rings. The molecular weight excluding hydrogens is 584 g/mol. The molecule has 0 fully saturated rings. The molecule has 0 aromatic carbocycles. The van der Waals surface area contributed by atoms with Crippen molar-refractivity contribution in [2.45, 2.75) is 36.6 Å². The van der Waals surface area contributed by atoms with Crippen molar-refractivity contribution in [1.82, 2.24) is 0 Å². The van der Waals surface area contributed by atoms with Crippen LogP contribution in [0.3, 0.4) is 0 Å². The van der Waals surface area contributed by atoms with Crippen molar-refractivity contribution >= 4 is 0 Å². The van der Waals surface area contributed by atoms with E-state index in [4.69, 9.17) is 91.9 Å². The van der Waals surface area contributed by atoms with Gasteiger partial charge in [-0.3, -0.25) is 0 Å². The van der Waals surface area contributed by atoms with E-state index >= 15 is 0 Å². The summed E-state index contributed by atoms with van der Waals surface area (Å²) in [4.78, 5) is 0. The van der Waals surface area contributed by atoms with Crippen molar-refractivity contribution in [2.75, 3.05) is 79.3 Å². The summed E-state index contributed by atoms with van der Waals surface area (Å²) >= 11 is 0. The summed E-state index contributed by atoms with van der Waals surface area (Å²) < 4.78 is 0. The molecule has 0 amide bonds. The highest BCUT2D eigenvalue weighted by Gasteiger charge is 1.96. The van der Waals surface area contributed by atoms with E-state index in [9.17, 15) is 0 Å². The Kier molecular flexibility index (Phi) is 118. The molecule has 0 aliphatic carbocycles. The van der Waals surface area contributed by atoms with Gasteiger partial charge >= 0.3 is 0 Å². The minimum atomic E-state index is -0.954. The second-order valence-corrected chi connectivity index (χ2v) is 6.11. The molecule has 268 valence electrons. The van der Waals surface area contributed by atoms with E-state index in [1.165, 1.54) is 0 Å². The molecule has 0 aromatic heterocycles. The van der Waals surface area contributed by atoms with Crippen LogP contribution in [0.25, 0.3) is 0 Å². The molecule has 0 spiro atoms. The zero-order chi connectivity index (χ0) is 29.9. The predicted molar refractivity (Wildman–Crippen MR) is 139 cm³/mol. The topological polar surface area (TPSA) is 522 Å². The molecule has 0 radical (unpaired) electrons. The smallest absolute Gasteiger partial charge is 0.100 e. The number of hydrogen-bond donors (Lipinski definition) is 18. The first-order chi connectivity index (χ1) is 16.8. The third-order valence-corrected chi connectivity index (χ3v) is 2.53. The van der Waals surface area contributed by atoms with Crippen molar-refractivity contribution < 1.29 is 119 Å². The SMILES string of the molecule is O.O.O.O.O.OCC(O)CO.OCC(O)CO.OCC(O)CO.OCC(O)CO.OCC(O)CO.OCC(O)CO. The molecule has 0 saturated heterocycles. The first-order valence-corrected chi connectivity index (χ1v) is 10.2. The largest absolute Gasteiger partial charge is 0.412 e. The lowest BCUT2D eigenvalue weighted by molar-refractivity contribution is 0.0450. The average Bonchev–Trinajstić information content (AvgIpc) is 2.95. The van der Waals surface area contributed by atoms with Crippen LogP contribution >= 0.6 is 0 Å². The zero-order valence-electron chi connectivity index (χ0n) is 22.5. The lowest BCUT2D eigenvalue weighted by Gasteiger charge is -1.96. The van der Waals surface area contributed by atoms with E-state index < -0.39 is 36.6 Å².